The van der Waals surface area contributed by atoms with Gasteiger partial charge in [0.25, 0.3) is 0 Å². The Balaban J connectivity index is 1.50. The third kappa shape index (κ3) is 5.76. The summed E-state index contributed by atoms with van der Waals surface area (Å²) in [5.41, 5.74) is 5.90. The number of carbonyl (C=O) groups excluding carboxylic acids is 1. The number of esters is 1. The molecule has 4 nitrogen and oxygen atoms in total. The number of benzene rings is 2. The number of hydrogen-bond donors (Lipinski definition) is 1. The van der Waals surface area contributed by atoms with Crippen molar-refractivity contribution in [3.63, 3.8) is 0 Å². The van der Waals surface area contributed by atoms with Crippen LogP contribution in [0.25, 0.3) is 11.1 Å². The molecule has 0 aliphatic heterocycles. The van der Waals surface area contributed by atoms with Gasteiger partial charge in [0, 0.05) is 31.9 Å². The van der Waals surface area contributed by atoms with Crippen LogP contribution in [0.1, 0.15) is 23.1 Å². The Kier molecular flexibility index (Phi) is 6.72. The smallest absolute Gasteiger partial charge is 0.305 e. The average molecular weight is 360 g/mol. The summed E-state index contributed by atoms with van der Waals surface area (Å²) in [4.78, 5) is 15.4. The van der Waals surface area contributed by atoms with Crippen molar-refractivity contribution in [1.82, 2.24) is 10.3 Å². The summed E-state index contributed by atoms with van der Waals surface area (Å²) < 4.78 is 4.70. The quantitative estimate of drug-likeness (QED) is 0.613. The average Bonchev–Trinajstić information content (AvgIpc) is 2.73. The van der Waals surface area contributed by atoms with Gasteiger partial charge >= 0.3 is 5.97 Å². The molecule has 27 heavy (non-hydrogen) atoms. The predicted molar refractivity (Wildman–Crippen MR) is 107 cm³/mol. The summed E-state index contributed by atoms with van der Waals surface area (Å²) >= 11 is 0. The molecule has 1 N–H and O–H groups in total. The zero-order valence-electron chi connectivity index (χ0n) is 15.5. The monoisotopic (exact) mass is 360 g/mol. The molecule has 3 aromatic rings. The maximum absolute atomic E-state index is 11.3. The molecule has 0 radical (unpaired) electrons. The van der Waals surface area contributed by atoms with E-state index in [2.05, 4.69) is 52.8 Å². The van der Waals surface area contributed by atoms with E-state index in [1.54, 1.807) is 6.20 Å². The van der Waals surface area contributed by atoms with E-state index < -0.39 is 0 Å². The Labute approximate surface area is 160 Å². The molecule has 0 spiro atoms. The molecule has 3 rings (SSSR count). The zero-order chi connectivity index (χ0) is 18.9. The minimum atomic E-state index is -0.173. The van der Waals surface area contributed by atoms with E-state index in [9.17, 15) is 4.79 Å². The van der Waals surface area contributed by atoms with E-state index in [0.717, 1.165) is 24.2 Å². The van der Waals surface area contributed by atoms with Crippen molar-refractivity contribution in [1.29, 1.82) is 0 Å². The van der Waals surface area contributed by atoms with Crippen LogP contribution in [0.2, 0.25) is 0 Å². The van der Waals surface area contributed by atoms with Gasteiger partial charge in [0.15, 0.2) is 0 Å². The minimum Gasteiger partial charge on any atom is -0.469 e. The first-order valence-corrected chi connectivity index (χ1v) is 9.09. The van der Waals surface area contributed by atoms with Crippen molar-refractivity contribution in [3.05, 3.63) is 89.7 Å². The first-order chi connectivity index (χ1) is 13.2. The lowest BCUT2D eigenvalue weighted by Crippen LogP contribution is -2.12. The fourth-order valence-corrected chi connectivity index (χ4v) is 2.94. The molecule has 138 valence electrons. The van der Waals surface area contributed by atoms with E-state index in [-0.39, 0.29) is 5.97 Å². The van der Waals surface area contributed by atoms with Gasteiger partial charge in [-0.1, -0.05) is 54.6 Å². The topological polar surface area (TPSA) is 51.2 Å². The maximum atomic E-state index is 11.3. The number of rotatable bonds is 8. The van der Waals surface area contributed by atoms with E-state index in [1.165, 1.54) is 23.8 Å². The molecule has 0 aliphatic carbocycles. The van der Waals surface area contributed by atoms with E-state index in [0.29, 0.717) is 12.8 Å². The number of methoxy groups -OCH3 is 1. The molecule has 0 unspecified atom stereocenters. The van der Waals surface area contributed by atoms with Crippen LogP contribution in [-0.4, -0.2) is 18.1 Å². The minimum absolute atomic E-state index is 0.173. The number of nitrogens with zero attached hydrogens (tertiary/aromatic N) is 1. The SMILES string of the molecule is COC(=O)CCc1cccc(CNCc2ccc(-c3cccnc3)cc2)c1. The summed E-state index contributed by atoms with van der Waals surface area (Å²) in [7, 11) is 1.42. The Morgan fingerprint density at radius 2 is 1.70 bits per heavy atom. The van der Waals surface area contributed by atoms with Crippen LogP contribution < -0.4 is 5.32 Å². The molecule has 2 aromatic carbocycles. The van der Waals surface area contributed by atoms with Gasteiger partial charge in [0.2, 0.25) is 0 Å². The lowest BCUT2D eigenvalue weighted by Gasteiger charge is -2.08. The highest BCUT2D eigenvalue weighted by atomic mass is 16.5. The summed E-state index contributed by atoms with van der Waals surface area (Å²) in [6.45, 7) is 1.59. The highest BCUT2D eigenvalue weighted by Crippen LogP contribution is 2.18. The Morgan fingerprint density at radius 3 is 2.44 bits per heavy atom. The normalized spacial score (nSPS) is 10.6. The fourth-order valence-electron chi connectivity index (χ4n) is 2.94. The van der Waals surface area contributed by atoms with Crippen molar-refractivity contribution >= 4 is 5.97 Å². The van der Waals surface area contributed by atoms with E-state index in [4.69, 9.17) is 4.74 Å². The third-order valence-corrected chi connectivity index (χ3v) is 4.44. The fraction of sp³-hybridized carbons (Fsp3) is 0.217. The highest BCUT2D eigenvalue weighted by Gasteiger charge is 2.03. The van der Waals surface area contributed by atoms with Gasteiger partial charge in [-0.3, -0.25) is 9.78 Å². The van der Waals surface area contributed by atoms with Gasteiger partial charge in [0.1, 0.15) is 0 Å². The number of pyridine rings is 1. The Bertz CT molecular complexity index is 861. The molecule has 1 heterocycles. The van der Waals surface area contributed by atoms with E-state index >= 15 is 0 Å². The predicted octanol–water partition coefficient (Wildman–Crippen LogP) is 4.14. The number of carbonyl (C=O) groups is 1. The van der Waals surface area contributed by atoms with Crippen molar-refractivity contribution in [3.8, 4) is 11.1 Å². The molecule has 1 aromatic heterocycles. The van der Waals surface area contributed by atoms with Crippen molar-refractivity contribution < 1.29 is 9.53 Å². The molecule has 4 heteroatoms. The Hall–Kier alpha value is -2.98. The molecule has 0 atom stereocenters. The second kappa shape index (κ2) is 9.64. The molecule has 0 bridgehead atoms. The number of nitrogens with one attached hydrogen (secondary N) is 1. The molecular formula is C23H24N2O2. The molecule has 0 aliphatic rings. The number of hydrogen-bond acceptors (Lipinski definition) is 4. The van der Waals surface area contributed by atoms with Gasteiger partial charge in [-0.05, 0) is 40.3 Å². The molecule has 0 fully saturated rings. The summed E-state index contributed by atoms with van der Waals surface area (Å²) in [5.74, 6) is -0.173. The van der Waals surface area contributed by atoms with Gasteiger partial charge < -0.3 is 10.1 Å². The first kappa shape index (κ1) is 18.8. The summed E-state index contributed by atoms with van der Waals surface area (Å²) in [6.07, 6.45) is 4.78. The molecule has 0 saturated carbocycles. The largest absolute Gasteiger partial charge is 0.469 e. The van der Waals surface area contributed by atoms with Gasteiger partial charge in [-0.15, -0.1) is 0 Å². The van der Waals surface area contributed by atoms with Crippen LogP contribution in [0.5, 0.6) is 0 Å². The molecule has 0 saturated heterocycles. The standard InChI is InChI=1S/C23H24N2O2/c1-27-23(26)12-9-18-4-2-5-20(14-18)16-25-15-19-7-10-21(11-8-19)22-6-3-13-24-17-22/h2-8,10-11,13-14,17,25H,9,12,15-16H2,1H3. The maximum Gasteiger partial charge on any atom is 0.305 e. The van der Waals surface area contributed by atoms with Crippen LogP contribution in [0.4, 0.5) is 0 Å². The molecule has 0 amide bonds. The van der Waals surface area contributed by atoms with E-state index in [1.807, 2.05) is 24.4 Å². The van der Waals surface area contributed by atoms with Crippen molar-refractivity contribution in [2.45, 2.75) is 25.9 Å². The Morgan fingerprint density at radius 1 is 0.926 bits per heavy atom. The van der Waals surface area contributed by atoms with Crippen LogP contribution in [-0.2, 0) is 29.0 Å². The van der Waals surface area contributed by atoms with Crippen molar-refractivity contribution in [2.24, 2.45) is 0 Å². The van der Waals surface area contributed by atoms with Crippen molar-refractivity contribution in [2.75, 3.05) is 7.11 Å². The summed E-state index contributed by atoms with van der Waals surface area (Å²) in [6, 6.07) is 20.9. The first-order valence-electron chi connectivity index (χ1n) is 9.09. The van der Waals surface area contributed by atoms with Gasteiger partial charge in [-0.2, -0.15) is 0 Å². The van der Waals surface area contributed by atoms with Crippen LogP contribution in [0, 0.1) is 0 Å². The van der Waals surface area contributed by atoms with Crippen LogP contribution in [0.15, 0.2) is 73.1 Å². The zero-order valence-corrected chi connectivity index (χ0v) is 15.5. The number of aryl methyl sites for hydroxylation is 1. The second-order valence-electron chi connectivity index (χ2n) is 6.44. The lowest BCUT2D eigenvalue weighted by atomic mass is 10.1. The number of aromatic nitrogens is 1. The van der Waals surface area contributed by atoms with Crippen LogP contribution >= 0.6 is 0 Å². The third-order valence-electron chi connectivity index (χ3n) is 4.44. The summed E-state index contributed by atoms with van der Waals surface area (Å²) in [5, 5.41) is 3.48. The van der Waals surface area contributed by atoms with Crippen LogP contribution in [0.3, 0.4) is 0 Å². The van der Waals surface area contributed by atoms with Gasteiger partial charge in [-0.25, -0.2) is 0 Å². The highest BCUT2D eigenvalue weighted by molar-refractivity contribution is 5.69. The lowest BCUT2D eigenvalue weighted by molar-refractivity contribution is -0.140. The number of ether oxygens (including phenoxy) is 1. The van der Waals surface area contributed by atoms with Gasteiger partial charge in [0.05, 0.1) is 7.11 Å². The second-order valence-corrected chi connectivity index (χ2v) is 6.44. The molecular weight excluding hydrogens is 336 g/mol.